The summed E-state index contributed by atoms with van der Waals surface area (Å²) in [6, 6.07) is 5.04. The van der Waals surface area contributed by atoms with E-state index in [0.717, 1.165) is 5.69 Å². The second-order valence-electron chi connectivity index (χ2n) is 7.17. The van der Waals surface area contributed by atoms with Gasteiger partial charge in [0.05, 0.1) is 23.7 Å². The molecule has 0 aliphatic carbocycles. The summed E-state index contributed by atoms with van der Waals surface area (Å²) in [7, 11) is -2.08. The van der Waals surface area contributed by atoms with Crippen molar-refractivity contribution in [2.24, 2.45) is 0 Å². The fraction of sp³-hybridized carbons (Fsp3) is 0.444. The van der Waals surface area contributed by atoms with Crippen LogP contribution in [0.15, 0.2) is 23.1 Å². The number of fused-ring (bicyclic) bond motifs is 1. The highest BCUT2D eigenvalue weighted by Gasteiger charge is 2.27. The molecule has 0 fully saturated rings. The molecule has 1 aromatic carbocycles. The first kappa shape index (κ1) is 19.8. The molecule has 3 aromatic rings. The Balaban J connectivity index is 2.26. The number of nitrogens with zero attached hydrogens (tertiary/aromatic N) is 3. The number of methoxy groups -OCH3 is 1. The van der Waals surface area contributed by atoms with Gasteiger partial charge in [-0.2, -0.15) is 5.10 Å². The number of aryl methyl sites for hydroxylation is 1. The van der Waals surface area contributed by atoms with E-state index < -0.39 is 20.7 Å². The van der Waals surface area contributed by atoms with E-state index in [1.165, 1.54) is 18.4 Å². The van der Waals surface area contributed by atoms with Crippen molar-refractivity contribution in [3.63, 3.8) is 0 Å². The quantitative estimate of drug-likeness (QED) is 0.696. The van der Waals surface area contributed by atoms with E-state index in [0.29, 0.717) is 27.0 Å². The van der Waals surface area contributed by atoms with Crippen molar-refractivity contribution in [1.29, 1.82) is 0 Å². The Hall–Kier alpha value is -1.97. The van der Waals surface area contributed by atoms with Gasteiger partial charge in [-0.15, -0.1) is 0 Å². The molecule has 0 aliphatic rings. The summed E-state index contributed by atoms with van der Waals surface area (Å²) in [6.07, 6.45) is 0. The maximum absolute atomic E-state index is 12.8. The number of sulfone groups is 1. The van der Waals surface area contributed by atoms with Crippen LogP contribution in [0, 0.1) is 6.92 Å². The molecule has 2 heterocycles. The fourth-order valence-corrected chi connectivity index (χ4v) is 4.91. The van der Waals surface area contributed by atoms with Crippen LogP contribution in [0.3, 0.4) is 0 Å². The van der Waals surface area contributed by atoms with Crippen LogP contribution in [0.4, 0.5) is 0 Å². The van der Waals surface area contributed by atoms with Crippen LogP contribution < -0.4 is 4.74 Å². The lowest BCUT2D eigenvalue weighted by molar-refractivity contribution is 0.0773. The number of imidazole rings is 1. The first-order chi connectivity index (χ1) is 12.5. The van der Waals surface area contributed by atoms with Crippen LogP contribution >= 0.6 is 11.3 Å². The number of aliphatic hydroxyl groups is 1. The molecule has 0 amide bonds. The summed E-state index contributed by atoms with van der Waals surface area (Å²) < 4.78 is 32.5. The predicted molar refractivity (Wildman–Crippen MR) is 105 cm³/mol. The summed E-state index contributed by atoms with van der Waals surface area (Å²) in [5.41, 5.74) is 1.02. The van der Waals surface area contributed by atoms with E-state index in [9.17, 15) is 13.5 Å². The van der Waals surface area contributed by atoms with Gasteiger partial charge in [0.2, 0.25) is 4.96 Å². The van der Waals surface area contributed by atoms with Gasteiger partial charge in [-0.1, -0.05) is 11.3 Å². The summed E-state index contributed by atoms with van der Waals surface area (Å²) in [5, 5.41) is 14.7. The van der Waals surface area contributed by atoms with E-state index in [1.54, 1.807) is 50.4 Å². The number of hydrogen-bond acceptors (Lipinski definition) is 7. The molecule has 27 heavy (non-hydrogen) atoms. The molecule has 0 bridgehead atoms. The molecule has 3 rings (SSSR count). The normalized spacial score (nSPS) is 12.9. The molecule has 0 saturated heterocycles. The van der Waals surface area contributed by atoms with Crippen LogP contribution in [0.5, 0.6) is 5.75 Å². The number of aromatic nitrogens is 3. The van der Waals surface area contributed by atoms with Crippen LogP contribution in [-0.4, -0.2) is 40.5 Å². The number of rotatable bonds is 5. The maximum Gasteiger partial charge on any atom is 0.213 e. The Morgan fingerprint density at radius 2 is 1.96 bits per heavy atom. The molecular weight excluding hydrogens is 386 g/mol. The van der Waals surface area contributed by atoms with Gasteiger partial charge in [-0.05, 0) is 52.8 Å². The fourth-order valence-electron chi connectivity index (χ4n) is 2.73. The van der Waals surface area contributed by atoms with E-state index in [1.807, 2.05) is 6.92 Å². The van der Waals surface area contributed by atoms with Gasteiger partial charge < -0.3 is 9.84 Å². The molecule has 0 atom stereocenters. The molecule has 0 radical (unpaired) electrons. The standard InChI is InChI=1S/C18H23N3O4S2/c1-10(2)27(23,24)14-9-12(7-8-13(14)25-6)15-11(3)19-17-21(15)20-16(26-17)18(4,5)22/h7-10,22H,1-6H3. The number of ether oxygens (including phenoxy) is 1. The highest BCUT2D eigenvalue weighted by molar-refractivity contribution is 7.92. The van der Waals surface area contributed by atoms with Crippen LogP contribution in [0.25, 0.3) is 16.2 Å². The zero-order valence-corrected chi connectivity index (χ0v) is 17.8. The molecule has 0 saturated carbocycles. The molecule has 146 valence electrons. The Bertz CT molecular complexity index is 1110. The average molecular weight is 410 g/mol. The predicted octanol–water partition coefficient (Wildman–Crippen LogP) is 3.18. The minimum absolute atomic E-state index is 0.143. The third-order valence-electron chi connectivity index (χ3n) is 4.27. The van der Waals surface area contributed by atoms with Crippen molar-refractivity contribution in [2.45, 2.75) is 50.4 Å². The second-order valence-corrected chi connectivity index (χ2v) is 10.6. The third kappa shape index (κ3) is 3.35. The molecule has 7 nitrogen and oxygen atoms in total. The zero-order chi connectivity index (χ0) is 20.1. The van der Waals surface area contributed by atoms with Gasteiger partial charge in [-0.3, -0.25) is 0 Å². The highest BCUT2D eigenvalue weighted by Crippen LogP contribution is 2.35. The molecule has 0 unspecified atom stereocenters. The van der Waals surface area contributed by atoms with Gasteiger partial charge >= 0.3 is 0 Å². The van der Waals surface area contributed by atoms with Crippen molar-refractivity contribution >= 4 is 26.1 Å². The van der Waals surface area contributed by atoms with Gasteiger partial charge in [0.15, 0.2) is 9.84 Å². The van der Waals surface area contributed by atoms with Crippen molar-refractivity contribution in [2.75, 3.05) is 7.11 Å². The summed E-state index contributed by atoms with van der Waals surface area (Å²) in [6.45, 7) is 8.46. The minimum Gasteiger partial charge on any atom is -0.495 e. The van der Waals surface area contributed by atoms with Gasteiger partial charge in [-0.25, -0.2) is 17.9 Å². The van der Waals surface area contributed by atoms with Crippen LogP contribution in [0.1, 0.15) is 38.4 Å². The molecule has 2 aromatic heterocycles. The summed E-state index contributed by atoms with van der Waals surface area (Å²) in [5.74, 6) is 0.307. The topological polar surface area (TPSA) is 93.8 Å². The van der Waals surface area contributed by atoms with E-state index in [4.69, 9.17) is 4.74 Å². The molecule has 0 aliphatic heterocycles. The molecule has 0 spiro atoms. The lowest BCUT2D eigenvalue weighted by atomic mass is 10.1. The number of hydrogen-bond donors (Lipinski definition) is 1. The largest absolute Gasteiger partial charge is 0.495 e. The number of benzene rings is 1. The Labute approximate surface area is 162 Å². The SMILES string of the molecule is COc1ccc(-c2c(C)nc3sc(C(C)(C)O)nn23)cc1S(=O)(=O)C(C)C. The van der Waals surface area contributed by atoms with Gasteiger partial charge in [0.25, 0.3) is 0 Å². The monoisotopic (exact) mass is 409 g/mol. The molecule has 1 N–H and O–H groups in total. The van der Waals surface area contributed by atoms with Crippen molar-refractivity contribution in [3.05, 3.63) is 28.9 Å². The molecular formula is C18H23N3O4S2. The van der Waals surface area contributed by atoms with Gasteiger partial charge in [0, 0.05) is 5.56 Å². The van der Waals surface area contributed by atoms with Crippen molar-refractivity contribution in [3.8, 4) is 17.0 Å². The second kappa shape index (κ2) is 6.57. The zero-order valence-electron chi connectivity index (χ0n) is 16.1. The van der Waals surface area contributed by atoms with Crippen molar-refractivity contribution < 1.29 is 18.3 Å². The van der Waals surface area contributed by atoms with Crippen molar-refractivity contribution in [1.82, 2.24) is 14.6 Å². The Kier molecular flexibility index (Phi) is 4.82. The summed E-state index contributed by atoms with van der Waals surface area (Å²) in [4.78, 5) is 5.31. The van der Waals surface area contributed by atoms with E-state index in [2.05, 4.69) is 10.1 Å². The van der Waals surface area contributed by atoms with E-state index in [-0.39, 0.29) is 4.90 Å². The lowest BCUT2D eigenvalue weighted by Gasteiger charge is -2.14. The van der Waals surface area contributed by atoms with Crippen LogP contribution in [0.2, 0.25) is 0 Å². The first-order valence-electron chi connectivity index (χ1n) is 8.48. The Morgan fingerprint density at radius 3 is 2.52 bits per heavy atom. The van der Waals surface area contributed by atoms with Gasteiger partial charge in [0.1, 0.15) is 21.3 Å². The highest BCUT2D eigenvalue weighted by atomic mass is 32.2. The average Bonchev–Trinajstić information content (AvgIpc) is 3.10. The minimum atomic E-state index is -3.53. The lowest BCUT2D eigenvalue weighted by Crippen LogP contribution is -2.16. The molecule has 9 heteroatoms. The Morgan fingerprint density at radius 1 is 1.30 bits per heavy atom. The smallest absolute Gasteiger partial charge is 0.213 e. The third-order valence-corrected chi connectivity index (χ3v) is 7.66. The first-order valence-corrected chi connectivity index (χ1v) is 10.8. The maximum atomic E-state index is 12.8. The van der Waals surface area contributed by atoms with Crippen LogP contribution in [-0.2, 0) is 15.4 Å². The summed E-state index contributed by atoms with van der Waals surface area (Å²) >= 11 is 1.30. The van der Waals surface area contributed by atoms with E-state index >= 15 is 0 Å².